The van der Waals surface area contributed by atoms with Gasteiger partial charge in [0.2, 0.25) is 0 Å². The van der Waals surface area contributed by atoms with E-state index in [1.807, 2.05) is 17.4 Å². The summed E-state index contributed by atoms with van der Waals surface area (Å²) in [6, 6.07) is 51.9. The first kappa shape index (κ1) is 24.2. The van der Waals surface area contributed by atoms with Gasteiger partial charge in [0.05, 0.1) is 11.4 Å². The molecule has 0 radical (unpaired) electrons. The Kier molecular flexibility index (Phi) is 5.40. The second-order valence-corrected chi connectivity index (χ2v) is 12.1. The van der Waals surface area contributed by atoms with Gasteiger partial charge in [0.1, 0.15) is 0 Å². The number of fused-ring (bicyclic) bond motifs is 9. The van der Waals surface area contributed by atoms with Gasteiger partial charge < -0.3 is 0 Å². The van der Waals surface area contributed by atoms with Gasteiger partial charge in [-0.15, -0.1) is 11.3 Å². The van der Waals surface area contributed by atoms with Crippen LogP contribution in [-0.2, 0) is 0 Å². The molecule has 0 atom stereocenters. The van der Waals surface area contributed by atoms with Crippen molar-refractivity contribution in [2.45, 2.75) is 0 Å². The van der Waals surface area contributed by atoms with Crippen LogP contribution in [0, 0.1) is 0 Å². The Morgan fingerprint density at radius 3 is 1.56 bits per heavy atom. The maximum atomic E-state index is 5.21. The summed E-state index contributed by atoms with van der Waals surface area (Å²) in [6.07, 6.45) is 0. The van der Waals surface area contributed by atoms with Crippen LogP contribution < -0.4 is 0 Å². The van der Waals surface area contributed by atoms with Crippen LogP contribution in [0.1, 0.15) is 0 Å². The smallest absolute Gasteiger partial charge is 0.160 e. The summed E-state index contributed by atoms with van der Waals surface area (Å²) in [7, 11) is 0. The molecule has 0 aliphatic heterocycles. The summed E-state index contributed by atoms with van der Waals surface area (Å²) in [5.74, 6) is 0.728. The molecule has 9 aromatic rings. The first-order valence-electron chi connectivity index (χ1n) is 14.5. The molecule has 0 bridgehead atoms. The molecule has 0 aliphatic carbocycles. The number of nitrogens with zero attached hydrogens (tertiary/aromatic N) is 2. The molecule has 0 amide bonds. The lowest BCUT2D eigenvalue weighted by Gasteiger charge is -2.13. The fraction of sp³-hybridized carbons (Fsp3) is 0. The number of aromatic nitrogens is 2. The molecule has 43 heavy (non-hydrogen) atoms. The highest BCUT2D eigenvalue weighted by Crippen LogP contribution is 2.39. The van der Waals surface area contributed by atoms with Crippen LogP contribution in [0.2, 0.25) is 0 Å². The molecule has 0 saturated carbocycles. The van der Waals surface area contributed by atoms with Gasteiger partial charge in [0.25, 0.3) is 0 Å². The molecule has 0 unspecified atom stereocenters. The van der Waals surface area contributed by atoms with Crippen LogP contribution in [0.4, 0.5) is 0 Å². The topological polar surface area (TPSA) is 25.8 Å². The minimum Gasteiger partial charge on any atom is -0.228 e. The predicted octanol–water partition coefficient (Wildman–Crippen LogP) is 11.3. The average Bonchev–Trinajstić information content (AvgIpc) is 3.46. The van der Waals surface area contributed by atoms with Gasteiger partial charge in [0, 0.05) is 36.9 Å². The fourth-order valence-corrected chi connectivity index (χ4v) is 7.50. The number of thiophene rings is 1. The van der Waals surface area contributed by atoms with Crippen molar-refractivity contribution in [3.63, 3.8) is 0 Å². The van der Waals surface area contributed by atoms with Crippen molar-refractivity contribution < 1.29 is 0 Å². The van der Waals surface area contributed by atoms with Gasteiger partial charge in [-0.2, -0.15) is 0 Å². The lowest BCUT2D eigenvalue weighted by molar-refractivity contribution is 1.19. The van der Waals surface area contributed by atoms with E-state index in [0.29, 0.717) is 0 Å². The largest absolute Gasteiger partial charge is 0.228 e. The van der Waals surface area contributed by atoms with Crippen molar-refractivity contribution in [2.24, 2.45) is 0 Å². The van der Waals surface area contributed by atoms with Gasteiger partial charge in [0.15, 0.2) is 5.82 Å². The second-order valence-electron chi connectivity index (χ2n) is 11.0. The Hall–Kier alpha value is -5.38. The predicted molar refractivity (Wildman–Crippen MR) is 184 cm³/mol. The van der Waals surface area contributed by atoms with Crippen molar-refractivity contribution in [1.82, 2.24) is 9.97 Å². The molecule has 2 heterocycles. The van der Waals surface area contributed by atoms with Gasteiger partial charge in [-0.25, -0.2) is 9.97 Å². The molecule has 0 aliphatic rings. The van der Waals surface area contributed by atoms with Crippen molar-refractivity contribution in [1.29, 1.82) is 0 Å². The molecule has 0 spiro atoms. The third-order valence-electron chi connectivity index (χ3n) is 8.47. The maximum absolute atomic E-state index is 5.21. The monoisotopic (exact) mass is 564 g/mol. The highest BCUT2D eigenvalue weighted by atomic mass is 32.1. The quantitative estimate of drug-likeness (QED) is 0.199. The number of benzene rings is 7. The molecule has 7 aromatic carbocycles. The minimum absolute atomic E-state index is 0.728. The van der Waals surface area contributed by atoms with Crippen molar-refractivity contribution in [2.75, 3.05) is 0 Å². The molecule has 3 heteroatoms. The van der Waals surface area contributed by atoms with E-state index in [9.17, 15) is 0 Å². The summed E-state index contributed by atoms with van der Waals surface area (Å²) < 4.78 is 2.59. The SMILES string of the molecule is c1ccc(-c2cc(-c3ccc4sc5ccccc5c4c3)nc(-c3ccc4c5ccccc5c5ccccc5c4c3)n2)cc1. The van der Waals surface area contributed by atoms with Gasteiger partial charge in [-0.05, 0) is 62.6 Å². The molecule has 2 aromatic heterocycles. The van der Waals surface area contributed by atoms with Crippen LogP contribution in [0.3, 0.4) is 0 Å². The normalized spacial score (nSPS) is 11.7. The van der Waals surface area contributed by atoms with Gasteiger partial charge in [-0.1, -0.05) is 115 Å². The van der Waals surface area contributed by atoms with Crippen LogP contribution in [0.25, 0.3) is 86.4 Å². The molecule has 0 N–H and O–H groups in total. The Labute approximate surface area is 252 Å². The van der Waals surface area contributed by atoms with E-state index in [2.05, 4.69) is 140 Å². The lowest BCUT2D eigenvalue weighted by atomic mass is 9.93. The molecule has 200 valence electrons. The Morgan fingerprint density at radius 1 is 0.326 bits per heavy atom. The third kappa shape index (κ3) is 3.93. The lowest BCUT2D eigenvalue weighted by Crippen LogP contribution is -1.96. The second kappa shape index (κ2) is 9.59. The van der Waals surface area contributed by atoms with Crippen LogP contribution in [0.5, 0.6) is 0 Å². The summed E-state index contributed by atoms with van der Waals surface area (Å²) in [4.78, 5) is 10.4. The zero-order valence-corrected chi connectivity index (χ0v) is 24.0. The van der Waals surface area contributed by atoms with E-state index >= 15 is 0 Å². The highest BCUT2D eigenvalue weighted by Gasteiger charge is 2.15. The summed E-state index contributed by atoms with van der Waals surface area (Å²) in [6.45, 7) is 0. The van der Waals surface area contributed by atoms with E-state index in [0.717, 1.165) is 33.9 Å². The zero-order chi connectivity index (χ0) is 28.3. The molecular formula is C40H24N2S. The Balaban J connectivity index is 1.29. The molecule has 0 fully saturated rings. The third-order valence-corrected chi connectivity index (χ3v) is 9.62. The van der Waals surface area contributed by atoms with Crippen LogP contribution >= 0.6 is 11.3 Å². The highest BCUT2D eigenvalue weighted by molar-refractivity contribution is 7.25. The standard InChI is InChI=1S/C40H24N2S/c1-2-10-25(11-3-1)36-24-37(26-19-21-39-35(22-26)33-16-8-9-17-38(33)43-39)42-40(41-36)27-18-20-32-30-14-5-4-12-28(30)29-13-6-7-15-31(29)34(32)23-27/h1-24H. The van der Waals surface area contributed by atoms with Gasteiger partial charge >= 0.3 is 0 Å². The average molecular weight is 565 g/mol. The molecule has 9 rings (SSSR count). The van der Waals surface area contributed by atoms with E-state index < -0.39 is 0 Å². The maximum Gasteiger partial charge on any atom is 0.160 e. The fourth-order valence-electron chi connectivity index (χ4n) is 6.41. The van der Waals surface area contributed by atoms with E-state index in [1.54, 1.807) is 0 Å². The van der Waals surface area contributed by atoms with Crippen molar-refractivity contribution >= 4 is 63.8 Å². The van der Waals surface area contributed by atoms with Crippen molar-refractivity contribution in [3.8, 4) is 33.9 Å². The molecular weight excluding hydrogens is 541 g/mol. The van der Waals surface area contributed by atoms with Crippen LogP contribution in [0.15, 0.2) is 146 Å². The first-order valence-corrected chi connectivity index (χ1v) is 15.3. The Bertz CT molecular complexity index is 2470. The minimum atomic E-state index is 0.728. The number of hydrogen-bond acceptors (Lipinski definition) is 3. The summed E-state index contributed by atoms with van der Waals surface area (Å²) in [5.41, 5.74) is 5.01. The van der Waals surface area contributed by atoms with E-state index in [-0.39, 0.29) is 0 Å². The first-order chi connectivity index (χ1) is 21.3. The van der Waals surface area contributed by atoms with Crippen LogP contribution in [-0.4, -0.2) is 9.97 Å². The summed E-state index contributed by atoms with van der Waals surface area (Å²) >= 11 is 1.84. The van der Waals surface area contributed by atoms with Crippen molar-refractivity contribution in [3.05, 3.63) is 146 Å². The molecule has 0 saturated heterocycles. The summed E-state index contributed by atoms with van der Waals surface area (Å²) in [5, 5.41) is 10.1. The van der Waals surface area contributed by atoms with E-state index in [1.165, 1.54) is 52.5 Å². The number of rotatable bonds is 3. The molecule has 2 nitrogen and oxygen atoms in total. The Morgan fingerprint density at radius 2 is 0.837 bits per heavy atom. The van der Waals surface area contributed by atoms with E-state index in [4.69, 9.17) is 9.97 Å². The number of hydrogen-bond donors (Lipinski definition) is 0. The van der Waals surface area contributed by atoms with Gasteiger partial charge in [-0.3, -0.25) is 0 Å². The zero-order valence-electron chi connectivity index (χ0n) is 23.2.